The molecule has 0 unspecified atom stereocenters. The molecule has 8 nitrogen and oxygen atoms in total. The molecule has 0 atom stereocenters. The van der Waals surface area contributed by atoms with Crippen molar-refractivity contribution < 1.29 is 23.8 Å². The van der Waals surface area contributed by atoms with E-state index in [1.54, 1.807) is 42.5 Å². The molecular formula is C19H20ClN3O5. The lowest BCUT2D eigenvalue weighted by Gasteiger charge is -2.11. The highest BCUT2D eigenvalue weighted by atomic mass is 35.5. The van der Waals surface area contributed by atoms with Crippen LogP contribution in [0.2, 0.25) is 5.02 Å². The fourth-order valence-corrected chi connectivity index (χ4v) is 2.25. The highest BCUT2D eigenvalue weighted by Crippen LogP contribution is 2.28. The molecule has 0 bridgehead atoms. The SMILES string of the molecule is CCOc1cc(/C=N\NC(=O)COc2ccccc2Cl)ccc1OCC(N)=O. The van der Waals surface area contributed by atoms with Crippen LogP contribution in [0.5, 0.6) is 17.2 Å². The molecule has 0 aliphatic rings. The van der Waals surface area contributed by atoms with Gasteiger partial charge in [0.1, 0.15) is 5.75 Å². The van der Waals surface area contributed by atoms with E-state index >= 15 is 0 Å². The van der Waals surface area contributed by atoms with Gasteiger partial charge < -0.3 is 19.9 Å². The van der Waals surface area contributed by atoms with E-state index in [4.69, 9.17) is 31.5 Å². The first-order valence-electron chi connectivity index (χ1n) is 8.36. The van der Waals surface area contributed by atoms with Crippen molar-refractivity contribution in [3.8, 4) is 17.2 Å². The Labute approximate surface area is 167 Å². The fourth-order valence-electron chi connectivity index (χ4n) is 2.06. The van der Waals surface area contributed by atoms with Crippen LogP contribution in [0.25, 0.3) is 0 Å². The summed E-state index contributed by atoms with van der Waals surface area (Å²) in [5, 5.41) is 4.29. The van der Waals surface area contributed by atoms with Crippen LogP contribution in [0.3, 0.4) is 0 Å². The molecule has 0 fully saturated rings. The first kappa shape index (κ1) is 21.0. The van der Waals surface area contributed by atoms with Crippen molar-refractivity contribution in [2.24, 2.45) is 10.8 Å². The van der Waals surface area contributed by atoms with Gasteiger partial charge in [-0.15, -0.1) is 0 Å². The zero-order valence-corrected chi connectivity index (χ0v) is 15.9. The van der Waals surface area contributed by atoms with Gasteiger partial charge >= 0.3 is 0 Å². The Morgan fingerprint density at radius 3 is 2.54 bits per heavy atom. The summed E-state index contributed by atoms with van der Waals surface area (Å²) in [6.45, 7) is 1.74. The third-order valence-electron chi connectivity index (χ3n) is 3.24. The number of halogens is 1. The van der Waals surface area contributed by atoms with Gasteiger partial charge in [-0.05, 0) is 42.8 Å². The molecular weight excluding hydrogens is 386 g/mol. The second kappa shape index (κ2) is 10.8. The van der Waals surface area contributed by atoms with E-state index < -0.39 is 11.8 Å². The van der Waals surface area contributed by atoms with E-state index in [-0.39, 0.29) is 13.2 Å². The van der Waals surface area contributed by atoms with Crippen molar-refractivity contribution >= 4 is 29.6 Å². The van der Waals surface area contributed by atoms with Gasteiger partial charge in [-0.25, -0.2) is 5.43 Å². The Bertz CT molecular complexity index is 857. The lowest BCUT2D eigenvalue weighted by molar-refractivity contribution is -0.123. The van der Waals surface area contributed by atoms with E-state index in [0.29, 0.717) is 34.4 Å². The van der Waals surface area contributed by atoms with E-state index in [2.05, 4.69) is 10.5 Å². The molecule has 0 saturated carbocycles. The predicted octanol–water partition coefficient (Wildman–Crippen LogP) is 2.13. The van der Waals surface area contributed by atoms with E-state index in [1.165, 1.54) is 6.21 Å². The second-order valence-electron chi connectivity index (χ2n) is 5.41. The molecule has 3 N–H and O–H groups in total. The van der Waals surface area contributed by atoms with Crippen molar-refractivity contribution in [2.75, 3.05) is 19.8 Å². The van der Waals surface area contributed by atoms with Crippen molar-refractivity contribution in [3.63, 3.8) is 0 Å². The summed E-state index contributed by atoms with van der Waals surface area (Å²) in [5.41, 5.74) is 8.09. The summed E-state index contributed by atoms with van der Waals surface area (Å²) < 4.78 is 16.1. The minimum atomic E-state index is -0.588. The molecule has 0 spiro atoms. The van der Waals surface area contributed by atoms with Crippen LogP contribution in [0, 0.1) is 0 Å². The summed E-state index contributed by atoms with van der Waals surface area (Å²) in [6, 6.07) is 11.8. The van der Waals surface area contributed by atoms with Gasteiger partial charge in [-0.1, -0.05) is 23.7 Å². The number of carbonyl (C=O) groups is 2. The molecule has 148 valence electrons. The normalized spacial score (nSPS) is 10.5. The molecule has 0 aliphatic carbocycles. The van der Waals surface area contributed by atoms with Gasteiger partial charge in [-0.3, -0.25) is 9.59 Å². The zero-order chi connectivity index (χ0) is 20.4. The molecule has 28 heavy (non-hydrogen) atoms. The second-order valence-corrected chi connectivity index (χ2v) is 5.81. The van der Waals surface area contributed by atoms with Crippen LogP contribution in [-0.4, -0.2) is 37.8 Å². The quantitative estimate of drug-likeness (QED) is 0.464. The molecule has 2 aromatic rings. The first-order valence-corrected chi connectivity index (χ1v) is 8.74. The standard InChI is InChI=1S/C19H20ClN3O5/c1-2-26-17-9-13(7-8-16(17)27-11-18(21)24)10-22-23-19(25)12-28-15-6-4-3-5-14(15)20/h3-10H,2,11-12H2,1H3,(H2,21,24)(H,23,25)/b22-10-. The number of hydrazone groups is 1. The summed E-state index contributed by atoms with van der Waals surface area (Å²) in [6.07, 6.45) is 1.44. The van der Waals surface area contributed by atoms with Gasteiger partial charge in [0.2, 0.25) is 0 Å². The molecule has 9 heteroatoms. The third kappa shape index (κ3) is 6.81. The largest absolute Gasteiger partial charge is 0.490 e. The Kier molecular flexibility index (Phi) is 8.11. The molecule has 0 saturated heterocycles. The number of ether oxygens (including phenoxy) is 3. The summed E-state index contributed by atoms with van der Waals surface area (Å²) in [7, 11) is 0. The smallest absolute Gasteiger partial charge is 0.277 e. The number of hydrogen-bond acceptors (Lipinski definition) is 6. The van der Waals surface area contributed by atoms with Crippen LogP contribution in [0.1, 0.15) is 12.5 Å². The number of para-hydroxylation sites is 1. The van der Waals surface area contributed by atoms with Gasteiger partial charge in [0.15, 0.2) is 24.7 Å². The number of rotatable bonds is 10. The first-order chi connectivity index (χ1) is 13.5. The number of amides is 2. The van der Waals surface area contributed by atoms with Gasteiger partial charge in [0.05, 0.1) is 17.8 Å². The number of primary amides is 1. The minimum absolute atomic E-state index is 0.231. The average Bonchev–Trinajstić information content (AvgIpc) is 2.67. The summed E-state index contributed by atoms with van der Waals surface area (Å²) >= 11 is 5.95. The van der Waals surface area contributed by atoms with E-state index in [1.807, 2.05) is 6.92 Å². The highest BCUT2D eigenvalue weighted by molar-refractivity contribution is 6.32. The van der Waals surface area contributed by atoms with Crippen LogP contribution in [0.4, 0.5) is 0 Å². The fraction of sp³-hybridized carbons (Fsp3) is 0.211. The van der Waals surface area contributed by atoms with Crippen molar-refractivity contribution in [3.05, 3.63) is 53.1 Å². The van der Waals surface area contributed by atoms with Crippen molar-refractivity contribution in [1.29, 1.82) is 0 Å². The Balaban J connectivity index is 1.91. The molecule has 2 aromatic carbocycles. The maximum atomic E-state index is 11.8. The minimum Gasteiger partial charge on any atom is -0.490 e. The van der Waals surface area contributed by atoms with Gasteiger partial charge in [0.25, 0.3) is 11.8 Å². The molecule has 2 rings (SSSR count). The average molecular weight is 406 g/mol. The maximum absolute atomic E-state index is 11.8. The highest BCUT2D eigenvalue weighted by Gasteiger charge is 2.08. The van der Waals surface area contributed by atoms with E-state index in [0.717, 1.165) is 0 Å². The van der Waals surface area contributed by atoms with Crippen LogP contribution in [0.15, 0.2) is 47.6 Å². The molecule has 0 aromatic heterocycles. The van der Waals surface area contributed by atoms with Gasteiger partial charge in [-0.2, -0.15) is 5.10 Å². The number of hydrogen-bond donors (Lipinski definition) is 2. The number of benzene rings is 2. The third-order valence-corrected chi connectivity index (χ3v) is 3.55. The Morgan fingerprint density at radius 1 is 1.07 bits per heavy atom. The Morgan fingerprint density at radius 2 is 1.82 bits per heavy atom. The molecule has 0 aliphatic heterocycles. The van der Waals surface area contributed by atoms with Crippen molar-refractivity contribution in [1.82, 2.24) is 5.43 Å². The molecule has 2 amide bonds. The van der Waals surface area contributed by atoms with Crippen molar-refractivity contribution in [2.45, 2.75) is 6.92 Å². The van der Waals surface area contributed by atoms with Crippen LogP contribution in [-0.2, 0) is 9.59 Å². The molecule has 0 heterocycles. The maximum Gasteiger partial charge on any atom is 0.277 e. The van der Waals surface area contributed by atoms with Crippen LogP contribution >= 0.6 is 11.6 Å². The number of carbonyl (C=O) groups excluding carboxylic acids is 2. The lowest BCUT2D eigenvalue weighted by Crippen LogP contribution is -2.24. The predicted molar refractivity (Wildman–Crippen MR) is 105 cm³/mol. The lowest BCUT2D eigenvalue weighted by atomic mass is 10.2. The van der Waals surface area contributed by atoms with E-state index in [9.17, 15) is 9.59 Å². The number of nitrogens with zero attached hydrogens (tertiary/aromatic N) is 1. The zero-order valence-electron chi connectivity index (χ0n) is 15.2. The monoisotopic (exact) mass is 405 g/mol. The topological polar surface area (TPSA) is 112 Å². The van der Waals surface area contributed by atoms with Crippen LogP contribution < -0.4 is 25.4 Å². The number of nitrogens with two attached hydrogens (primary N) is 1. The Hall–Kier alpha value is -3.26. The number of nitrogens with one attached hydrogen (secondary N) is 1. The summed E-state index contributed by atoms with van der Waals surface area (Å²) in [5.74, 6) is 0.199. The molecule has 0 radical (unpaired) electrons. The van der Waals surface area contributed by atoms with Gasteiger partial charge in [0, 0.05) is 0 Å². The summed E-state index contributed by atoms with van der Waals surface area (Å²) in [4.78, 5) is 22.7.